The van der Waals surface area contributed by atoms with Crippen LogP contribution in [0.2, 0.25) is 0 Å². The summed E-state index contributed by atoms with van der Waals surface area (Å²) < 4.78 is 5.82. The van der Waals surface area contributed by atoms with Crippen molar-refractivity contribution in [3.8, 4) is 16.9 Å². The van der Waals surface area contributed by atoms with Crippen molar-refractivity contribution in [2.45, 2.75) is 25.5 Å². The highest BCUT2D eigenvalue weighted by atomic mass is 16.5. The van der Waals surface area contributed by atoms with Gasteiger partial charge in [0, 0.05) is 35.3 Å². The molecule has 0 unspecified atom stereocenters. The summed E-state index contributed by atoms with van der Waals surface area (Å²) in [5, 5.41) is 2.90. The lowest BCUT2D eigenvalue weighted by Crippen LogP contribution is -2.36. The minimum atomic E-state index is -0.561. The number of hydrogen-bond acceptors (Lipinski definition) is 4. The first kappa shape index (κ1) is 17.2. The molecule has 3 aromatic rings. The Balaban J connectivity index is 1.42. The third-order valence-electron chi connectivity index (χ3n) is 4.75. The molecule has 4 rings (SSSR count). The fraction of sp³-hybridized carbons (Fsp3) is 0.182. The summed E-state index contributed by atoms with van der Waals surface area (Å²) in [6.45, 7) is 0.476. The van der Waals surface area contributed by atoms with E-state index in [0.717, 1.165) is 28.9 Å². The van der Waals surface area contributed by atoms with Crippen molar-refractivity contribution < 1.29 is 9.53 Å². The van der Waals surface area contributed by atoms with E-state index in [1.807, 2.05) is 60.8 Å². The Morgan fingerprint density at radius 3 is 2.85 bits per heavy atom. The van der Waals surface area contributed by atoms with E-state index in [0.29, 0.717) is 18.7 Å². The molecule has 0 bridgehead atoms. The van der Waals surface area contributed by atoms with Crippen LogP contribution in [0.5, 0.6) is 5.75 Å². The minimum absolute atomic E-state index is 0.189. The largest absolute Gasteiger partial charge is 0.488 e. The third-order valence-corrected chi connectivity index (χ3v) is 4.75. The van der Waals surface area contributed by atoms with Crippen LogP contribution in [0, 0.1) is 0 Å². The number of nitrogens with two attached hydrogens (primary N) is 1. The Hall–Kier alpha value is -3.18. The van der Waals surface area contributed by atoms with Gasteiger partial charge in [0.2, 0.25) is 5.91 Å². The van der Waals surface area contributed by atoms with Crippen molar-refractivity contribution in [3.63, 3.8) is 0 Å². The van der Waals surface area contributed by atoms with Crippen molar-refractivity contribution in [3.05, 3.63) is 78.1 Å². The van der Waals surface area contributed by atoms with E-state index >= 15 is 0 Å². The zero-order chi connectivity index (χ0) is 18.6. The number of aryl methyl sites for hydroxylation is 1. The SMILES string of the molecule is N[C@H](CCc1ccccc1)C(=O)Nc1ccc2c(c1)OCc1cnccc1-2. The van der Waals surface area contributed by atoms with Crippen LogP contribution in [0.1, 0.15) is 17.5 Å². The number of benzene rings is 2. The molecule has 1 aromatic heterocycles. The molecule has 1 aliphatic rings. The lowest BCUT2D eigenvalue weighted by atomic mass is 9.98. The number of carbonyl (C=O) groups is 1. The number of amides is 1. The fourth-order valence-electron chi connectivity index (χ4n) is 3.24. The number of hydrogen-bond donors (Lipinski definition) is 2. The zero-order valence-electron chi connectivity index (χ0n) is 14.9. The fourth-order valence-corrected chi connectivity index (χ4v) is 3.24. The van der Waals surface area contributed by atoms with Gasteiger partial charge in [0.25, 0.3) is 0 Å². The topological polar surface area (TPSA) is 77.2 Å². The molecule has 1 atom stereocenters. The normalized spacial score (nSPS) is 13.1. The van der Waals surface area contributed by atoms with Crippen LogP contribution in [-0.4, -0.2) is 16.9 Å². The first-order chi connectivity index (χ1) is 13.2. The van der Waals surface area contributed by atoms with Crippen LogP contribution >= 0.6 is 0 Å². The molecule has 0 radical (unpaired) electrons. The standard InChI is InChI=1S/C22H21N3O2/c23-20(9-6-15-4-2-1-3-5-15)22(26)25-17-7-8-19-18-10-11-24-13-16(18)14-27-21(19)12-17/h1-5,7-8,10-13,20H,6,9,14,23H2,(H,25,26)/t20-/m1/s1. The van der Waals surface area contributed by atoms with Gasteiger partial charge in [-0.3, -0.25) is 9.78 Å². The van der Waals surface area contributed by atoms with Crippen LogP contribution < -0.4 is 15.8 Å². The minimum Gasteiger partial charge on any atom is -0.488 e. The number of anilines is 1. The van der Waals surface area contributed by atoms with Gasteiger partial charge in [0.15, 0.2) is 0 Å². The van der Waals surface area contributed by atoms with Gasteiger partial charge >= 0.3 is 0 Å². The average molecular weight is 359 g/mol. The summed E-state index contributed by atoms with van der Waals surface area (Å²) in [6.07, 6.45) is 4.96. The molecule has 3 N–H and O–H groups in total. The Labute approximate surface area is 158 Å². The maximum absolute atomic E-state index is 12.4. The molecule has 1 aliphatic heterocycles. The van der Waals surface area contributed by atoms with Crippen molar-refractivity contribution in [2.75, 3.05) is 5.32 Å². The number of pyridine rings is 1. The summed E-state index contributed by atoms with van der Waals surface area (Å²) >= 11 is 0. The first-order valence-corrected chi connectivity index (χ1v) is 9.01. The molecule has 0 spiro atoms. The van der Waals surface area contributed by atoms with Crippen LogP contribution in [0.3, 0.4) is 0 Å². The molecule has 0 fully saturated rings. The van der Waals surface area contributed by atoms with Crippen LogP contribution in [0.25, 0.3) is 11.1 Å². The number of ether oxygens (including phenoxy) is 1. The molecule has 0 saturated carbocycles. The monoisotopic (exact) mass is 359 g/mol. The zero-order valence-corrected chi connectivity index (χ0v) is 14.9. The number of aromatic nitrogens is 1. The Kier molecular flexibility index (Phi) is 4.85. The predicted octanol–water partition coefficient (Wildman–Crippen LogP) is 3.54. The second kappa shape index (κ2) is 7.60. The lowest BCUT2D eigenvalue weighted by Gasteiger charge is -2.21. The highest BCUT2D eigenvalue weighted by Crippen LogP contribution is 2.38. The van der Waals surface area contributed by atoms with E-state index in [-0.39, 0.29) is 5.91 Å². The summed E-state index contributed by atoms with van der Waals surface area (Å²) in [6, 6.07) is 17.1. The molecule has 5 nitrogen and oxygen atoms in total. The number of carbonyl (C=O) groups excluding carboxylic acids is 1. The van der Waals surface area contributed by atoms with Gasteiger partial charge in [-0.05, 0) is 42.2 Å². The van der Waals surface area contributed by atoms with Crippen molar-refractivity contribution in [1.82, 2.24) is 4.98 Å². The van der Waals surface area contributed by atoms with Gasteiger partial charge in [-0.25, -0.2) is 0 Å². The molecule has 2 aromatic carbocycles. The second-order valence-electron chi connectivity index (χ2n) is 6.65. The molecule has 1 amide bonds. The smallest absolute Gasteiger partial charge is 0.241 e. The highest BCUT2D eigenvalue weighted by molar-refractivity contribution is 5.95. The van der Waals surface area contributed by atoms with Gasteiger partial charge in [-0.15, -0.1) is 0 Å². The van der Waals surface area contributed by atoms with Crippen molar-refractivity contribution >= 4 is 11.6 Å². The van der Waals surface area contributed by atoms with Gasteiger partial charge < -0.3 is 15.8 Å². The van der Waals surface area contributed by atoms with E-state index < -0.39 is 6.04 Å². The first-order valence-electron chi connectivity index (χ1n) is 9.01. The van der Waals surface area contributed by atoms with Crippen LogP contribution in [0.15, 0.2) is 67.0 Å². The highest BCUT2D eigenvalue weighted by Gasteiger charge is 2.19. The second-order valence-corrected chi connectivity index (χ2v) is 6.65. The Morgan fingerprint density at radius 2 is 2.00 bits per heavy atom. The average Bonchev–Trinajstić information content (AvgIpc) is 2.72. The van der Waals surface area contributed by atoms with E-state index in [1.165, 1.54) is 5.56 Å². The molecule has 0 aliphatic carbocycles. The molecular formula is C22H21N3O2. The van der Waals surface area contributed by atoms with Gasteiger partial charge in [-0.2, -0.15) is 0 Å². The molecule has 5 heteroatoms. The van der Waals surface area contributed by atoms with E-state index in [9.17, 15) is 4.79 Å². The van der Waals surface area contributed by atoms with Gasteiger partial charge in [0.05, 0.1) is 6.04 Å². The quantitative estimate of drug-likeness (QED) is 0.730. The van der Waals surface area contributed by atoms with Crippen LogP contribution in [-0.2, 0) is 17.8 Å². The number of nitrogens with zero attached hydrogens (tertiary/aromatic N) is 1. The van der Waals surface area contributed by atoms with Crippen LogP contribution in [0.4, 0.5) is 5.69 Å². The van der Waals surface area contributed by atoms with Gasteiger partial charge in [0.1, 0.15) is 12.4 Å². The van der Waals surface area contributed by atoms with Crippen molar-refractivity contribution in [2.24, 2.45) is 5.73 Å². The predicted molar refractivity (Wildman–Crippen MR) is 105 cm³/mol. The van der Waals surface area contributed by atoms with E-state index in [2.05, 4.69) is 10.3 Å². The molecule has 2 heterocycles. The van der Waals surface area contributed by atoms with E-state index in [1.54, 1.807) is 6.20 Å². The molecule has 27 heavy (non-hydrogen) atoms. The number of nitrogens with one attached hydrogen (secondary N) is 1. The summed E-state index contributed by atoms with van der Waals surface area (Å²) in [5.74, 6) is 0.565. The van der Waals surface area contributed by atoms with Crippen molar-refractivity contribution in [1.29, 1.82) is 0 Å². The van der Waals surface area contributed by atoms with E-state index in [4.69, 9.17) is 10.5 Å². The van der Waals surface area contributed by atoms with Gasteiger partial charge in [-0.1, -0.05) is 30.3 Å². The maximum Gasteiger partial charge on any atom is 0.241 e. The molecule has 0 saturated heterocycles. The summed E-state index contributed by atoms with van der Waals surface area (Å²) in [4.78, 5) is 16.6. The lowest BCUT2D eigenvalue weighted by molar-refractivity contribution is -0.117. The Bertz CT molecular complexity index is 957. The third kappa shape index (κ3) is 3.83. The summed E-state index contributed by atoms with van der Waals surface area (Å²) in [5.41, 5.74) is 11.1. The number of rotatable bonds is 5. The summed E-state index contributed by atoms with van der Waals surface area (Å²) in [7, 11) is 0. The molecular weight excluding hydrogens is 338 g/mol. The number of fused-ring (bicyclic) bond motifs is 3. The Morgan fingerprint density at radius 1 is 1.15 bits per heavy atom. The molecule has 136 valence electrons. The maximum atomic E-state index is 12.4.